The van der Waals surface area contributed by atoms with E-state index in [2.05, 4.69) is 14.8 Å². The zero-order chi connectivity index (χ0) is 21.1. The number of carbonyl (C=O) groups is 1. The number of hydrogen-bond acceptors (Lipinski definition) is 6. The van der Waals surface area contributed by atoms with E-state index in [1.165, 1.54) is 24.3 Å². The summed E-state index contributed by atoms with van der Waals surface area (Å²) >= 11 is 0. The number of nitrogens with zero attached hydrogens (tertiary/aromatic N) is 4. The predicted molar refractivity (Wildman–Crippen MR) is 113 cm³/mol. The number of hydrogen-bond donors (Lipinski definition) is 1. The van der Waals surface area contributed by atoms with Crippen molar-refractivity contribution in [3.05, 3.63) is 64.0 Å². The van der Waals surface area contributed by atoms with E-state index in [1.807, 2.05) is 25.2 Å². The van der Waals surface area contributed by atoms with Crippen molar-refractivity contribution in [1.29, 1.82) is 0 Å². The molecule has 0 unspecified atom stereocenters. The second kappa shape index (κ2) is 8.60. The molecule has 2 aromatic carbocycles. The molecular weight excluding hydrogens is 386 g/mol. The van der Waals surface area contributed by atoms with Gasteiger partial charge in [-0.1, -0.05) is 0 Å². The summed E-state index contributed by atoms with van der Waals surface area (Å²) < 4.78 is 7.47. The minimum Gasteiger partial charge on any atom is -0.379 e. The largest absolute Gasteiger partial charge is 0.379 e. The van der Waals surface area contributed by atoms with Crippen molar-refractivity contribution in [2.75, 3.05) is 38.2 Å². The standard InChI is InChI=1S/C21H23N5O4/c1-24-19-7-4-16(22-21(27)15-2-5-17(6-3-15)26(28)29)14-18(19)23-20(24)8-9-25-10-12-30-13-11-25/h2-7,14H,8-13H2,1H3,(H,22,27). The molecule has 0 bridgehead atoms. The molecule has 9 nitrogen and oxygen atoms in total. The molecule has 1 fully saturated rings. The van der Waals surface area contributed by atoms with Gasteiger partial charge in [-0.3, -0.25) is 19.8 Å². The molecule has 1 aliphatic rings. The number of carbonyl (C=O) groups excluding carboxylic acids is 1. The number of ether oxygens (including phenoxy) is 1. The molecule has 1 saturated heterocycles. The van der Waals surface area contributed by atoms with Gasteiger partial charge in [0, 0.05) is 56.5 Å². The highest BCUT2D eigenvalue weighted by molar-refractivity contribution is 6.05. The Kier molecular flexibility index (Phi) is 5.73. The lowest BCUT2D eigenvalue weighted by Crippen LogP contribution is -2.37. The molecule has 0 radical (unpaired) electrons. The first-order valence-corrected chi connectivity index (χ1v) is 9.82. The number of benzene rings is 2. The van der Waals surface area contributed by atoms with E-state index in [9.17, 15) is 14.9 Å². The van der Waals surface area contributed by atoms with Crippen molar-refractivity contribution >= 4 is 28.3 Å². The zero-order valence-corrected chi connectivity index (χ0v) is 16.7. The van der Waals surface area contributed by atoms with Gasteiger partial charge in [-0.2, -0.15) is 0 Å². The minimum absolute atomic E-state index is 0.0499. The van der Waals surface area contributed by atoms with Crippen molar-refractivity contribution in [2.45, 2.75) is 6.42 Å². The summed E-state index contributed by atoms with van der Waals surface area (Å²) in [6.07, 6.45) is 0.843. The molecule has 2 heterocycles. The minimum atomic E-state index is -0.493. The van der Waals surface area contributed by atoms with E-state index < -0.39 is 4.92 Å². The lowest BCUT2D eigenvalue weighted by Gasteiger charge is -2.26. The van der Waals surface area contributed by atoms with Gasteiger partial charge in [0.25, 0.3) is 11.6 Å². The number of anilines is 1. The predicted octanol–water partition coefficient (Wildman–Crippen LogP) is 2.61. The van der Waals surface area contributed by atoms with Crippen molar-refractivity contribution in [1.82, 2.24) is 14.5 Å². The average Bonchev–Trinajstić information content (AvgIpc) is 3.08. The molecule has 1 amide bonds. The number of amides is 1. The Morgan fingerprint density at radius 1 is 1.20 bits per heavy atom. The summed E-state index contributed by atoms with van der Waals surface area (Å²) in [5, 5.41) is 13.6. The maximum Gasteiger partial charge on any atom is 0.269 e. The number of rotatable bonds is 6. The van der Waals surface area contributed by atoms with Gasteiger partial charge in [0.2, 0.25) is 0 Å². The Morgan fingerprint density at radius 3 is 2.63 bits per heavy atom. The van der Waals surface area contributed by atoms with Gasteiger partial charge in [-0.15, -0.1) is 0 Å². The van der Waals surface area contributed by atoms with Crippen LogP contribution in [0, 0.1) is 10.1 Å². The fraction of sp³-hybridized carbons (Fsp3) is 0.333. The van der Waals surface area contributed by atoms with Crippen molar-refractivity contribution in [3.63, 3.8) is 0 Å². The molecule has 3 aromatic rings. The number of nitro groups is 1. The van der Waals surface area contributed by atoms with Gasteiger partial charge in [-0.05, 0) is 30.3 Å². The van der Waals surface area contributed by atoms with E-state index >= 15 is 0 Å². The van der Waals surface area contributed by atoms with E-state index in [4.69, 9.17) is 9.72 Å². The second-order valence-corrected chi connectivity index (χ2v) is 7.25. The Morgan fingerprint density at radius 2 is 1.93 bits per heavy atom. The molecule has 0 atom stereocenters. The molecule has 0 spiro atoms. The number of imidazole rings is 1. The molecule has 1 aromatic heterocycles. The van der Waals surface area contributed by atoms with Crippen LogP contribution in [-0.2, 0) is 18.2 Å². The van der Waals surface area contributed by atoms with Crippen LogP contribution < -0.4 is 5.32 Å². The van der Waals surface area contributed by atoms with Crippen LogP contribution in [0.1, 0.15) is 16.2 Å². The molecule has 30 heavy (non-hydrogen) atoms. The van der Waals surface area contributed by atoms with Crippen molar-refractivity contribution in [2.24, 2.45) is 7.05 Å². The van der Waals surface area contributed by atoms with Gasteiger partial charge in [0.1, 0.15) is 5.82 Å². The van der Waals surface area contributed by atoms with Crippen LogP contribution in [0.15, 0.2) is 42.5 Å². The first kappa shape index (κ1) is 20.0. The molecule has 156 valence electrons. The van der Waals surface area contributed by atoms with Gasteiger partial charge in [-0.25, -0.2) is 4.98 Å². The first-order valence-electron chi connectivity index (χ1n) is 9.82. The average molecular weight is 409 g/mol. The lowest BCUT2D eigenvalue weighted by molar-refractivity contribution is -0.384. The number of nitrogens with one attached hydrogen (secondary N) is 1. The van der Waals surface area contributed by atoms with Crippen LogP contribution in [0.2, 0.25) is 0 Å². The van der Waals surface area contributed by atoms with E-state index in [0.717, 1.165) is 56.1 Å². The normalized spacial score (nSPS) is 14.7. The quantitative estimate of drug-likeness (QED) is 0.496. The summed E-state index contributed by atoms with van der Waals surface area (Å²) in [6.45, 7) is 4.39. The highest BCUT2D eigenvalue weighted by Crippen LogP contribution is 2.21. The summed E-state index contributed by atoms with van der Waals surface area (Å²) in [5.74, 6) is 0.669. The van der Waals surface area contributed by atoms with E-state index in [-0.39, 0.29) is 11.6 Å². The van der Waals surface area contributed by atoms with Crippen LogP contribution in [0.5, 0.6) is 0 Å². The number of fused-ring (bicyclic) bond motifs is 1. The fourth-order valence-corrected chi connectivity index (χ4v) is 3.57. The monoisotopic (exact) mass is 409 g/mol. The molecule has 1 aliphatic heterocycles. The molecule has 1 N–H and O–H groups in total. The van der Waals surface area contributed by atoms with Crippen LogP contribution in [0.25, 0.3) is 11.0 Å². The number of nitro benzene ring substituents is 1. The molecular formula is C21H23N5O4. The Labute approximate surface area is 173 Å². The summed E-state index contributed by atoms with van der Waals surface area (Å²) in [7, 11) is 2.00. The maximum atomic E-state index is 12.5. The van der Waals surface area contributed by atoms with Gasteiger partial charge >= 0.3 is 0 Å². The Bertz CT molecular complexity index is 1070. The van der Waals surface area contributed by atoms with Crippen LogP contribution in [-0.4, -0.2) is 58.1 Å². The van der Waals surface area contributed by atoms with Crippen LogP contribution in [0.4, 0.5) is 11.4 Å². The molecule has 9 heteroatoms. The zero-order valence-electron chi connectivity index (χ0n) is 16.7. The van der Waals surface area contributed by atoms with Gasteiger partial charge in [0.15, 0.2) is 0 Å². The summed E-state index contributed by atoms with van der Waals surface area (Å²) in [6, 6.07) is 11.1. The number of non-ortho nitro benzene ring substituents is 1. The third-order valence-corrected chi connectivity index (χ3v) is 5.33. The molecule has 4 rings (SSSR count). The summed E-state index contributed by atoms with van der Waals surface area (Å²) in [5.41, 5.74) is 2.75. The van der Waals surface area contributed by atoms with Crippen molar-refractivity contribution < 1.29 is 14.5 Å². The molecule has 0 aliphatic carbocycles. The smallest absolute Gasteiger partial charge is 0.269 e. The van der Waals surface area contributed by atoms with E-state index in [1.54, 1.807) is 0 Å². The van der Waals surface area contributed by atoms with Crippen LogP contribution >= 0.6 is 0 Å². The first-order chi connectivity index (χ1) is 14.5. The molecule has 0 saturated carbocycles. The van der Waals surface area contributed by atoms with Crippen LogP contribution in [0.3, 0.4) is 0 Å². The topological polar surface area (TPSA) is 103 Å². The van der Waals surface area contributed by atoms with Gasteiger partial charge < -0.3 is 14.6 Å². The Balaban J connectivity index is 1.46. The van der Waals surface area contributed by atoms with E-state index in [0.29, 0.717) is 11.3 Å². The number of morpholine rings is 1. The second-order valence-electron chi connectivity index (χ2n) is 7.25. The Hall–Kier alpha value is -3.30. The third kappa shape index (κ3) is 4.32. The van der Waals surface area contributed by atoms with Gasteiger partial charge in [0.05, 0.1) is 29.2 Å². The SMILES string of the molecule is Cn1c(CCN2CCOCC2)nc2cc(NC(=O)c3ccc([N+](=O)[O-])cc3)ccc21. The lowest BCUT2D eigenvalue weighted by atomic mass is 10.2. The summed E-state index contributed by atoms with van der Waals surface area (Å²) in [4.78, 5) is 29.8. The maximum absolute atomic E-state index is 12.5. The highest BCUT2D eigenvalue weighted by atomic mass is 16.6. The van der Waals surface area contributed by atoms with Crippen molar-refractivity contribution in [3.8, 4) is 0 Å². The number of aromatic nitrogens is 2. The highest BCUT2D eigenvalue weighted by Gasteiger charge is 2.14. The third-order valence-electron chi connectivity index (χ3n) is 5.33. The fourth-order valence-electron chi connectivity index (χ4n) is 3.57. The number of aryl methyl sites for hydroxylation is 1.